The van der Waals surface area contributed by atoms with Gasteiger partial charge in [0.15, 0.2) is 0 Å². The van der Waals surface area contributed by atoms with Gasteiger partial charge in [-0.1, -0.05) is 18.2 Å². The Morgan fingerprint density at radius 1 is 1.11 bits per heavy atom. The van der Waals surface area contributed by atoms with E-state index >= 15 is 0 Å². The summed E-state index contributed by atoms with van der Waals surface area (Å²) in [5.41, 5.74) is 2.30. The molecule has 98 valence electrons. The molecule has 1 unspecified atom stereocenters. The smallest absolute Gasteiger partial charge is 0.123 e. The van der Waals surface area contributed by atoms with Gasteiger partial charge >= 0.3 is 0 Å². The second-order valence-electron chi connectivity index (χ2n) is 5.02. The molecule has 0 heterocycles. The molecule has 1 nitrogen and oxygen atoms in total. The van der Waals surface area contributed by atoms with Crippen molar-refractivity contribution in [2.45, 2.75) is 18.9 Å². The van der Waals surface area contributed by atoms with Crippen LogP contribution in [-0.2, 0) is 0 Å². The molecule has 0 spiro atoms. The molecule has 3 rings (SSSR count). The largest absolute Gasteiger partial charge is 0.378 e. The number of anilines is 1. The summed E-state index contributed by atoms with van der Waals surface area (Å²) in [6.07, 6.45) is 2.50. The molecule has 1 aliphatic carbocycles. The Labute approximate surface area is 126 Å². The molecule has 1 fully saturated rings. The van der Waals surface area contributed by atoms with E-state index in [1.807, 2.05) is 12.1 Å². The molecule has 2 aromatic rings. The lowest BCUT2D eigenvalue weighted by Crippen LogP contribution is -2.13. The zero-order valence-corrected chi connectivity index (χ0v) is 12.6. The summed E-state index contributed by atoms with van der Waals surface area (Å²) in [4.78, 5) is 0. The van der Waals surface area contributed by atoms with Crippen LogP contribution in [0.4, 0.5) is 10.1 Å². The first-order valence-electron chi connectivity index (χ1n) is 6.50. The van der Waals surface area contributed by atoms with Crippen LogP contribution in [0, 0.1) is 15.3 Å². The highest BCUT2D eigenvalue weighted by Gasteiger charge is 2.32. The van der Waals surface area contributed by atoms with Gasteiger partial charge in [0, 0.05) is 9.26 Å². The molecule has 0 radical (unpaired) electrons. The van der Waals surface area contributed by atoms with E-state index in [0.29, 0.717) is 12.0 Å². The molecular formula is C16H15FIN. The van der Waals surface area contributed by atoms with Gasteiger partial charge in [-0.3, -0.25) is 0 Å². The van der Waals surface area contributed by atoms with Gasteiger partial charge in [0.2, 0.25) is 0 Å². The van der Waals surface area contributed by atoms with E-state index in [2.05, 4.69) is 52.2 Å². The van der Waals surface area contributed by atoms with Gasteiger partial charge in [-0.25, -0.2) is 4.39 Å². The first-order valence-corrected chi connectivity index (χ1v) is 7.58. The van der Waals surface area contributed by atoms with Crippen LogP contribution in [0.5, 0.6) is 0 Å². The van der Waals surface area contributed by atoms with Crippen molar-refractivity contribution in [1.82, 2.24) is 0 Å². The van der Waals surface area contributed by atoms with Gasteiger partial charge in [-0.2, -0.15) is 0 Å². The molecule has 1 atom stereocenters. The van der Waals surface area contributed by atoms with Crippen LogP contribution in [0.15, 0.2) is 48.5 Å². The first kappa shape index (κ1) is 12.9. The average molecular weight is 367 g/mol. The van der Waals surface area contributed by atoms with E-state index in [1.54, 1.807) is 12.1 Å². The van der Waals surface area contributed by atoms with E-state index in [-0.39, 0.29) is 5.82 Å². The molecule has 2 aromatic carbocycles. The van der Waals surface area contributed by atoms with Crippen molar-refractivity contribution in [2.24, 2.45) is 5.92 Å². The normalized spacial score (nSPS) is 16.1. The molecule has 19 heavy (non-hydrogen) atoms. The Morgan fingerprint density at radius 2 is 1.84 bits per heavy atom. The summed E-state index contributed by atoms with van der Waals surface area (Å²) in [6, 6.07) is 15.5. The number of benzene rings is 2. The van der Waals surface area contributed by atoms with Gasteiger partial charge in [0.1, 0.15) is 5.82 Å². The van der Waals surface area contributed by atoms with Gasteiger partial charge in [-0.15, -0.1) is 0 Å². The lowest BCUT2D eigenvalue weighted by Gasteiger charge is -2.20. The Morgan fingerprint density at radius 3 is 2.47 bits per heavy atom. The fraction of sp³-hybridized carbons (Fsp3) is 0.250. The van der Waals surface area contributed by atoms with Crippen LogP contribution < -0.4 is 5.32 Å². The van der Waals surface area contributed by atoms with E-state index in [4.69, 9.17) is 0 Å². The maximum atomic E-state index is 13.0. The van der Waals surface area contributed by atoms with Crippen LogP contribution in [0.3, 0.4) is 0 Å². The number of halogens is 2. The second kappa shape index (κ2) is 5.49. The van der Waals surface area contributed by atoms with Crippen LogP contribution >= 0.6 is 22.6 Å². The third-order valence-electron chi connectivity index (χ3n) is 3.47. The fourth-order valence-electron chi connectivity index (χ4n) is 2.33. The fourth-order valence-corrected chi connectivity index (χ4v) is 2.87. The summed E-state index contributed by atoms with van der Waals surface area (Å²) in [7, 11) is 0. The molecule has 1 aliphatic rings. The van der Waals surface area contributed by atoms with Crippen molar-refractivity contribution in [1.29, 1.82) is 0 Å². The van der Waals surface area contributed by atoms with Gasteiger partial charge in [-0.05, 0) is 77.2 Å². The quantitative estimate of drug-likeness (QED) is 0.751. The third kappa shape index (κ3) is 3.26. The minimum Gasteiger partial charge on any atom is -0.378 e. The zero-order chi connectivity index (χ0) is 13.2. The zero-order valence-electron chi connectivity index (χ0n) is 10.4. The lowest BCUT2D eigenvalue weighted by atomic mass is 10.0. The van der Waals surface area contributed by atoms with Gasteiger partial charge in [0.05, 0.1) is 6.04 Å². The van der Waals surface area contributed by atoms with Crippen molar-refractivity contribution in [2.75, 3.05) is 5.32 Å². The number of rotatable bonds is 4. The number of nitrogens with one attached hydrogen (secondary N) is 1. The minimum atomic E-state index is -0.174. The molecule has 0 aliphatic heterocycles. The maximum Gasteiger partial charge on any atom is 0.123 e. The molecule has 0 saturated heterocycles. The van der Waals surface area contributed by atoms with E-state index < -0.39 is 0 Å². The molecule has 1 N–H and O–H groups in total. The van der Waals surface area contributed by atoms with Crippen LogP contribution in [-0.4, -0.2) is 0 Å². The molecule has 0 aromatic heterocycles. The molecule has 0 amide bonds. The summed E-state index contributed by atoms with van der Waals surface area (Å²) >= 11 is 2.31. The lowest BCUT2D eigenvalue weighted by molar-refractivity contribution is 0.622. The highest BCUT2D eigenvalue weighted by Crippen LogP contribution is 2.42. The highest BCUT2D eigenvalue weighted by atomic mass is 127. The molecule has 3 heteroatoms. The molecule has 1 saturated carbocycles. The third-order valence-corrected chi connectivity index (χ3v) is 4.14. The van der Waals surface area contributed by atoms with Crippen molar-refractivity contribution in [3.63, 3.8) is 0 Å². The number of hydrogen-bond acceptors (Lipinski definition) is 1. The predicted molar refractivity (Wildman–Crippen MR) is 84.6 cm³/mol. The standard InChI is InChI=1S/C16H15FIN/c17-13-8-6-12(7-9-13)16(11-4-5-11)19-15-3-1-2-14(18)10-15/h1-3,6-11,16,19H,4-5H2. The highest BCUT2D eigenvalue weighted by molar-refractivity contribution is 14.1. The maximum absolute atomic E-state index is 13.0. The van der Waals surface area contributed by atoms with E-state index in [0.717, 1.165) is 5.69 Å². The van der Waals surface area contributed by atoms with Crippen molar-refractivity contribution in [3.05, 3.63) is 63.5 Å². The van der Waals surface area contributed by atoms with Crippen LogP contribution in [0.2, 0.25) is 0 Å². The van der Waals surface area contributed by atoms with Gasteiger partial charge in [0.25, 0.3) is 0 Å². The Kier molecular flexibility index (Phi) is 3.73. The average Bonchev–Trinajstić information content (AvgIpc) is 3.22. The summed E-state index contributed by atoms with van der Waals surface area (Å²) < 4.78 is 14.2. The van der Waals surface area contributed by atoms with Crippen molar-refractivity contribution < 1.29 is 4.39 Å². The summed E-state index contributed by atoms with van der Waals surface area (Å²) in [5, 5.41) is 3.59. The monoisotopic (exact) mass is 367 g/mol. The topological polar surface area (TPSA) is 12.0 Å². The summed E-state index contributed by atoms with van der Waals surface area (Å²) in [5.74, 6) is 0.496. The van der Waals surface area contributed by atoms with Crippen molar-refractivity contribution >= 4 is 28.3 Å². The van der Waals surface area contributed by atoms with Gasteiger partial charge < -0.3 is 5.32 Å². The summed E-state index contributed by atoms with van der Waals surface area (Å²) in [6.45, 7) is 0. The Hall–Kier alpha value is -1.10. The van der Waals surface area contributed by atoms with E-state index in [1.165, 1.54) is 22.0 Å². The van der Waals surface area contributed by atoms with Crippen LogP contribution in [0.25, 0.3) is 0 Å². The minimum absolute atomic E-state index is 0.174. The first-order chi connectivity index (χ1) is 9.22. The second-order valence-corrected chi connectivity index (χ2v) is 6.27. The predicted octanol–water partition coefficient (Wildman–Crippen LogP) is 4.99. The SMILES string of the molecule is Fc1ccc(C(Nc2cccc(I)c2)C2CC2)cc1. The van der Waals surface area contributed by atoms with E-state index in [9.17, 15) is 4.39 Å². The van der Waals surface area contributed by atoms with Crippen LogP contribution in [0.1, 0.15) is 24.4 Å². The molecule has 0 bridgehead atoms. The Bertz CT molecular complexity index is 563. The number of hydrogen-bond donors (Lipinski definition) is 1. The molecular weight excluding hydrogens is 352 g/mol. The van der Waals surface area contributed by atoms with Crippen molar-refractivity contribution in [3.8, 4) is 0 Å². The Balaban J connectivity index is 1.83.